The molecule has 0 aromatic heterocycles. The van der Waals surface area contributed by atoms with E-state index in [9.17, 15) is 0 Å². The summed E-state index contributed by atoms with van der Waals surface area (Å²) in [5, 5.41) is 4.99. The van der Waals surface area contributed by atoms with Gasteiger partial charge in [0.2, 0.25) is 0 Å². The van der Waals surface area contributed by atoms with Gasteiger partial charge in [-0.05, 0) is 108 Å². The van der Waals surface area contributed by atoms with E-state index in [1.807, 2.05) is 0 Å². The molecule has 1 aliphatic carbocycles. The second-order valence-electron chi connectivity index (χ2n) is 14.9. The lowest BCUT2D eigenvalue weighted by Crippen LogP contribution is -2.17. The van der Waals surface area contributed by atoms with Crippen LogP contribution in [-0.4, -0.2) is 0 Å². The predicted molar refractivity (Wildman–Crippen MR) is 230 cm³/mol. The Labute approximate surface area is 317 Å². The highest BCUT2D eigenvalue weighted by Crippen LogP contribution is 2.53. The Morgan fingerprint density at radius 2 is 0.944 bits per heavy atom. The van der Waals surface area contributed by atoms with Crippen molar-refractivity contribution in [3.05, 3.63) is 211 Å². The molecule has 0 amide bonds. The molecule has 0 atom stereocenters. The first-order chi connectivity index (χ1) is 26.6. The molecule has 1 nitrogen and oxygen atoms in total. The Balaban J connectivity index is 1.31. The molecule has 0 spiro atoms. The van der Waals surface area contributed by atoms with Gasteiger partial charge in [-0.2, -0.15) is 0 Å². The van der Waals surface area contributed by atoms with Crippen molar-refractivity contribution < 1.29 is 0 Å². The second-order valence-corrected chi connectivity index (χ2v) is 14.9. The lowest BCUT2D eigenvalue weighted by Gasteiger charge is -2.31. The Morgan fingerprint density at radius 3 is 1.74 bits per heavy atom. The third kappa shape index (κ3) is 5.08. The number of nitrogens with zero attached hydrogens (tertiary/aromatic N) is 1. The number of para-hydroxylation sites is 1. The van der Waals surface area contributed by atoms with E-state index < -0.39 is 0 Å². The first kappa shape index (κ1) is 32.0. The summed E-state index contributed by atoms with van der Waals surface area (Å²) < 4.78 is 0. The van der Waals surface area contributed by atoms with Crippen molar-refractivity contribution in [3.63, 3.8) is 0 Å². The number of rotatable bonds is 6. The minimum Gasteiger partial charge on any atom is -0.310 e. The molecule has 9 aromatic rings. The summed E-state index contributed by atoms with van der Waals surface area (Å²) in [6.07, 6.45) is 0. The van der Waals surface area contributed by atoms with Crippen LogP contribution in [0.3, 0.4) is 0 Å². The zero-order valence-electron chi connectivity index (χ0n) is 30.5. The van der Waals surface area contributed by atoms with E-state index in [0.717, 1.165) is 17.1 Å². The molecule has 9 aromatic carbocycles. The van der Waals surface area contributed by atoms with Gasteiger partial charge >= 0.3 is 0 Å². The number of anilines is 3. The maximum atomic E-state index is 2.48. The first-order valence-corrected chi connectivity index (χ1v) is 18.9. The molecule has 0 heterocycles. The molecule has 0 N–H and O–H groups in total. The van der Waals surface area contributed by atoms with Crippen LogP contribution in [0.4, 0.5) is 17.1 Å². The molecule has 256 valence electrons. The van der Waals surface area contributed by atoms with Crippen LogP contribution in [0.25, 0.3) is 66.1 Å². The van der Waals surface area contributed by atoms with Crippen molar-refractivity contribution in [1.82, 2.24) is 0 Å². The van der Waals surface area contributed by atoms with Crippen LogP contribution in [0.2, 0.25) is 0 Å². The average Bonchev–Trinajstić information content (AvgIpc) is 3.46. The largest absolute Gasteiger partial charge is 0.310 e. The van der Waals surface area contributed by atoms with Crippen molar-refractivity contribution in [3.8, 4) is 44.5 Å². The van der Waals surface area contributed by atoms with Crippen molar-refractivity contribution in [2.45, 2.75) is 19.3 Å². The van der Waals surface area contributed by atoms with Crippen molar-refractivity contribution in [1.29, 1.82) is 0 Å². The smallest absolute Gasteiger partial charge is 0.0546 e. The molecular weight excluding hydrogens is 651 g/mol. The zero-order valence-corrected chi connectivity index (χ0v) is 30.5. The normalized spacial score (nSPS) is 12.8. The fraction of sp³-hybridized carbons (Fsp3) is 0.0566. The van der Waals surface area contributed by atoms with Crippen molar-refractivity contribution in [2.24, 2.45) is 0 Å². The van der Waals surface area contributed by atoms with E-state index in [1.54, 1.807) is 0 Å². The van der Waals surface area contributed by atoms with Gasteiger partial charge < -0.3 is 4.90 Å². The number of hydrogen-bond donors (Lipinski definition) is 0. The van der Waals surface area contributed by atoms with Gasteiger partial charge in [0.25, 0.3) is 0 Å². The van der Waals surface area contributed by atoms with E-state index >= 15 is 0 Å². The average molecular weight is 690 g/mol. The fourth-order valence-electron chi connectivity index (χ4n) is 8.92. The van der Waals surface area contributed by atoms with Crippen LogP contribution in [0, 0.1) is 0 Å². The molecule has 0 bridgehead atoms. The van der Waals surface area contributed by atoms with Gasteiger partial charge in [-0.3, -0.25) is 0 Å². The Morgan fingerprint density at radius 1 is 0.352 bits per heavy atom. The monoisotopic (exact) mass is 689 g/mol. The molecule has 1 aliphatic rings. The Hall–Kier alpha value is -6.70. The topological polar surface area (TPSA) is 3.24 Å². The second kappa shape index (κ2) is 12.8. The minimum absolute atomic E-state index is 0.127. The van der Waals surface area contributed by atoms with Crippen LogP contribution in [0.5, 0.6) is 0 Å². The third-order valence-electron chi connectivity index (χ3n) is 11.5. The molecule has 0 radical (unpaired) electrons. The highest BCUT2D eigenvalue weighted by Gasteiger charge is 2.36. The van der Waals surface area contributed by atoms with E-state index in [1.165, 1.54) is 77.2 Å². The molecule has 0 saturated heterocycles. The van der Waals surface area contributed by atoms with Gasteiger partial charge in [0.05, 0.1) is 5.69 Å². The lowest BCUT2D eigenvalue weighted by atomic mass is 9.82. The summed E-state index contributed by atoms with van der Waals surface area (Å²) in [5.41, 5.74) is 15.9. The number of fused-ring (bicyclic) bond motifs is 6. The standard InChI is InChI=1S/C53H39N/c1-53(2)49-30-16-15-28-45(49)46-33-32-39(35-50(46)53)54(38-21-7-4-8-22-38)51-31-17-29-47(43-26-12-11-23-40(43)36-18-5-3-6-19-36)52(51)48-34-37-20-9-10-24-41(37)42-25-13-14-27-44(42)48/h3-35H,1-2H3. The van der Waals surface area contributed by atoms with Crippen molar-refractivity contribution in [2.75, 3.05) is 4.90 Å². The highest BCUT2D eigenvalue weighted by atomic mass is 15.1. The van der Waals surface area contributed by atoms with Gasteiger partial charge in [0.15, 0.2) is 0 Å². The van der Waals surface area contributed by atoms with Crippen molar-refractivity contribution >= 4 is 38.6 Å². The molecule has 10 rings (SSSR count). The summed E-state index contributed by atoms with van der Waals surface area (Å²) in [6, 6.07) is 73.5. The molecular formula is C53H39N. The van der Waals surface area contributed by atoms with Gasteiger partial charge in [-0.15, -0.1) is 0 Å². The summed E-state index contributed by atoms with van der Waals surface area (Å²) >= 11 is 0. The van der Waals surface area contributed by atoms with Crippen LogP contribution in [0.15, 0.2) is 200 Å². The van der Waals surface area contributed by atoms with E-state index in [-0.39, 0.29) is 5.41 Å². The molecule has 0 saturated carbocycles. The summed E-state index contributed by atoms with van der Waals surface area (Å²) in [4.78, 5) is 2.48. The fourth-order valence-corrected chi connectivity index (χ4v) is 8.92. The number of benzene rings is 9. The maximum Gasteiger partial charge on any atom is 0.0546 e. The van der Waals surface area contributed by atoms with Crippen LogP contribution >= 0.6 is 0 Å². The zero-order chi connectivity index (χ0) is 36.2. The van der Waals surface area contributed by atoms with E-state index in [2.05, 4.69) is 219 Å². The minimum atomic E-state index is -0.127. The summed E-state index contributed by atoms with van der Waals surface area (Å²) in [5.74, 6) is 0. The van der Waals surface area contributed by atoms with E-state index in [4.69, 9.17) is 0 Å². The third-order valence-corrected chi connectivity index (χ3v) is 11.5. The molecule has 0 fully saturated rings. The lowest BCUT2D eigenvalue weighted by molar-refractivity contribution is 0.660. The SMILES string of the molecule is CC1(C)c2ccccc2-c2ccc(N(c3ccccc3)c3cccc(-c4ccccc4-c4ccccc4)c3-c3cc4ccccc4c4ccccc34)cc21. The van der Waals surface area contributed by atoms with Crippen LogP contribution < -0.4 is 4.90 Å². The summed E-state index contributed by atoms with van der Waals surface area (Å²) in [6.45, 7) is 4.73. The molecule has 0 unspecified atom stereocenters. The number of hydrogen-bond acceptors (Lipinski definition) is 1. The van der Waals surface area contributed by atoms with Gasteiger partial charge in [0.1, 0.15) is 0 Å². The van der Waals surface area contributed by atoms with Crippen LogP contribution in [-0.2, 0) is 5.41 Å². The van der Waals surface area contributed by atoms with Gasteiger partial charge in [-0.1, -0.05) is 178 Å². The van der Waals surface area contributed by atoms with Gasteiger partial charge in [-0.25, -0.2) is 0 Å². The first-order valence-electron chi connectivity index (χ1n) is 18.9. The maximum absolute atomic E-state index is 2.48. The quantitative estimate of drug-likeness (QED) is 0.157. The Bertz CT molecular complexity index is 2850. The molecule has 0 aliphatic heterocycles. The van der Waals surface area contributed by atoms with Crippen LogP contribution in [0.1, 0.15) is 25.0 Å². The molecule has 54 heavy (non-hydrogen) atoms. The summed E-state index contributed by atoms with van der Waals surface area (Å²) in [7, 11) is 0. The predicted octanol–water partition coefficient (Wildman–Crippen LogP) is 14.8. The molecule has 1 heteroatoms. The van der Waals surface area contributed by atoms with E-state index in [0.29, 0.717) is 0 Å². The highest BCUT2D eigenvalue weighted by molar-refractivity contribution is 6.17. The van der Waals surface area contributed by atoms with Gasteiger partial charge in [0, 0.05) is 22.4 Å². The Kier molecular flexibility index (Phi) is 7.56.